The molecule has 0 aromatic heterocycles. The third-order valence-electron chi connectivity index (χ3n) is 3.80. The molecule has 1 saturated carbocycles. The molecule has 0 aliphatic heterocycles. The Morgan fingerprint density at radius 1 is 1.31 bits per heavy atom. The zero-order chi connectivity index (χ0) is 9.90. The summed E-state index contributed by atoms with van der Waals surface area (Å²) in [5.74, 6) is 0.954. The van der Waals surface area contributed by atoms with Crippen LogP contribution < -0.4 is 5.32 Å². The Labute approximate surface area is 83.3 Å². The van der Waals surface area contributed by atoms with E-state index < -0.39 is 0 Å². The largest absolute Gasteiger partial charge is 0.313 e. The van der Waals surface area contributed by atoms with Crippen LogP contribution in [-0.2, 0) is 0 Å². The summed E-state index contributed by atoms with van der Waals surface area (Å²) in [5.41, 5.74) is 0.473. The van der Waals surface area contributed by atoms with E-state index in [1.807, 2.05) is 0 Å². The SMILES string of the molecule is CCNC(C1CCC1)C(C)(C)CC. The fourth-order valence-electron chi connectivity index (χ4n) is 2.29. The molecule has 1 aliphatic carbocycles. The van der Waals surface area contributed by atoms with Crippen molar-refractivity contribution in [2.45, 2.75) is 59.4 Å². The number of nitrogens with one attached hydrogen (secondary N) is 1. The van der Waals surface area contributed by atoms with Crippen LogP contribution >= 0.6 is 0 Å². The monoisotopic (exact) mass is 183 g/mol. The minimum atomic E-state index is 0.473. The second-order valence-corrected chi connectivity index (χ2v) is 5.07. The second kappa shape index (κ2) is 4.45. The van der Waals surface area contributed by atoms with Crippen LogP contribution in [0.25, 0.3) is 0 Å². The van der Waals surface area contributed by atoms with Crippen molar-refractivity contribution in [2.75, 3.05) is 6.54 Å². The van der Waals surface area contributed by atoms with E-state index in [0.29, 0.717) is 5.41 Å². The first-order valence-corrected chi connectivity index (χ1v) is 5.85. The molecule has 0 spiro atoms. The number of rotatable bonds is 5. The van der Waals surface area contributed by atoms with E-state index in [9.17, 15) is 0 Å². The summed E-state index contributed by atoms with van der Waals surface area (Å²) in [6.45, 7) is 10.4. The average Bonchev–Trinajstić information content (AvgIpc) is 2.00. The minimum Gasteiger partial charge on any atom is -0.313 e. The third-order valence-corrected chi connectivity index (χ3v) is 3.80. The van der Waals surface area contributed by atoms with Gasteiger partial charge in [0.15, 0.2) is 0 Å². The van der Waals surface area contributed by atoms with Crippen molar-refractivity contribution < 1.29 is 0 Å². The van der Waals surface area contributed by atoms with Crippen molar-refractivity contribution in [3.05, 3.63) is 0 Å². The first-order valence-electron chi connectivity index (χ1n) is 5.85. The van der Waals surface area contributed by atoms with Gasteiger partial charge >= 0.3 is 0 Å². The van der Waals surface area contributed by atoms with Crippen LogP contribution in [0.15, 0.2) is 0 Å². The minimum absolute atomic E-state index is 0.473. The Morgan fingerprint density at radius 2 is 1.92 bits per heavy atom. The van der Waals surface area contributed by atoms with Crippen LogP contribution in [0, 0.1) is 11.3 Å². The van der Waals surface area contributed by atoms with Gasteiger partial charge in [0.2, 0.25) is 0 Å². The maximum Gasteiger partial charge on any atom is 0.0146 e. The summed E-state index contributed by atoms with van der Waals surface area (Å²) in [6, 6.07) is 0.747. The molecule has 0 heterocycles. The van der Waals surface area contributed by atoms with E-state index >= 15 is 0 Å². The van der Waals surface area contributed by atoms with Gasteiger partial charge in [0.05, 0.1) is 0 Å². The molecule has 0 aromatic rings. The Hall–Kier alpha value is -0.0400. The first-order chi connectivity index (χ1) is 6.11. The lowest BCUT2D eigenvalue weighted by atomic mass is 9.68. The van der Waals surface area contributed by atoms with E-state index in [4.69, 9.17) is 0 Å². The van der Waals surface area contributed by atoms with Crippen molar-refractivity contribution >= 4 is 0 Å². The molecule has 1 aliphatic rings. The summed E-state index contributed by atoms with van der Waals surface area (Å²) in [6.07, 6.45) is 5.62. The molecule has 0 aromatic carbocycles. The molecule has 1 heteroatoms. The quantitative estimate of drug-likeness (QED) is 0.690. The maximum atomic E-state index is 3.68. The van der Waals surface area contributed by atoms with Crippen LogP contribution in [0.3, 0.4) is 0 Å². The van der Waals surface area contributed by atoms with Crippen molar-refractivity contribution in [1.29, 1.82) is 0 Å². The van der Waals surface area contributed by atoms with Gasteiger partial charge in [-0.3, -0.25) is 0 Å². The first kappa shape index (κ1) is 11.0. The van der Waals surface area contributed by atoms with Crippen LogP contribution in [0.2, 0.25) is 0 Å². The Kier molecular flexibility index (Phi) is 3.78. The normalized spacial score (nSPS) is 21.2. The lowest BCUT2D eigenvalue weighted by Crippen LogP contribution is -2.49. The molecule has 1 N–H and O–H groups in total. The van der Waals surface area contributed by atoms with Crippen LogP contribution in [0.4, 0.5) is 0 Å². The topological polar surface area (TPSA) is 12.0 Å². The average molecular weight is 183 g/mol. The summed E-state index contributed by atoms with van der Waals surface area (Å²) in [5, 5.41) is 3.68. The maximum absolute atomic E-state index is 3.68. The van der Waals surface area contributed by atoms with E-state index in [1.54, 1.807) is 0 Å². The Bertz CT molecular complexity index is 147. The van der Waals surface area contributed by atoms with Gasteiger partial charge in [0.1, 0.15) is 0 Å². The van der Waals surface area contributed by atoms with Crippen LogP contribution in [0.5, 0.6) is 0 Å². The highest BCUT2D eigenvalue weighted by Crippen LogP contribution is 2.39. The molecular weight excluding hydrogens is 158 g/mol. The van der Waals surface area contributed by atoms with Gasteiger partial charge in [-0.1, -0.05) is 34.1 Å². The molecule has 1 unspecified atom stereocenters. The predicted octanol–water partition coefficient (Wildman–Crippen LogP) is 3.20. The standard InChI is InChI=1S/C12H25N/c1-5-12(3,4)11(13-6-2)10-8-7-9-10/h10-11,13H,5-9H2,1-4H3. The molecule has 13 heavy (non-hydrogen) atoms. The lowest BCUT2D eigenvalue weighted by Gasteiger charge is -2.43. The van der Waals surface area contributed by atoms with Gasteiger partial charge in [0.25, 0.3) is 0 Å². The van der Waals surface area contributed by atoms with Crippen molar-refractivity contribution in [1.82, 2.24) is 5.32 Å². The molecular formula is C12H25N. The van der Waals surface area contributed by atoms with E-state index in [0.717, 1.165) is 18.5 Å². The highest BCUT2D eigenvalue weighted by molar-refractivity contribution is 4.91. The lowest BCUT2D eigenvalue weighted by molar-refractivity contribution is 0.115. The molecule has 78 valence electrons. The molecule has 1 rings (SSSR count). The zero-order valence-electron chi connectivity index (χ0n) is 9.69. The predicted molar refractivity (Wildman–Crippen MR) is 58.9 cm³/mol. The molecule has 0 bridgehead atoms. The fraction of sp³-hybridized carbons (Fsp3) is 1.00. The van der Waals surface area contributed by atoms with Gasteiger partial charge in [-0.05, 0) is 37.1 Å². The van der Waals surface area contributed by atoms with Crippen LogP contribution in [0.1, 0.15) is 53.4 Å². The Balaban J connectivity index is 2.54. The van der Waals surface area contributed by atoms with Gasteiger partial charge < -0.3 is 5.32 Å². The molecule has 1 fully saturated rings. The molecule has 0 amide bonds. The van der Waals surface area contributed by atoms with Gasteiger partial charge in [-0.2, -0.15) is 0 Å². The number of hydrogen-bond donors (Lipinski definition) is 1. The Morgan fingerprint density at radius 3 is 2.23 bits per heavy atom. The molecule has 1 atom stereocenters. The number of hydrogen-bond acceptors (Lipinski definition) is 1. The van der Waals surface area contributed by atoms with Gasteiger partial charge in [-0.25, -0.2) is 0 Å². The fourth-order valence-corrected chi connectivity index (χ4v) is 2.29. The summed E-state index contributed by atoms with van der Waals surface area (Å²) in [4.78, 5) is 0. The van der Waals surface area contributed by atoms with Crippen molar-refractivity contribution in [2.24, 2.45) is 11.3 Å². The second-order valence-electron chi connectivity index (χ2n) is 5.07. The van der Waals surface area contributed by atoms with E-state index in [-0.39, 0.29) is 0 Å². The van der Waals surface area contributed by atoms with Gasteiger partial charge in [0, 0.05) is 6.04 Å². The molecule has 1 nitrogen and oxygen atoms in total. The zero-order valence-corrected chi connectivity index (χ0v) is 9.69. The molecule has 0 radical (unpaired) electrons. The summed E-state index contributed by atoms with van der Waals surface area (Å²) in [7, 11) is 0. The molecule has 0 saturated heterocycles. The van der Waals surface area contributed by atoms with Crippen LogP contribution in [-0.4, -0.2) is 12.6 Å². The summed E-state index contributed by atoms with van der Waals surface area (Å²) < 4.78 is 0. The third kappa shape index (κ3) is 2.46. The summed E-state index contributed by atoms with van der Waals surface area (Å²) >= 11 is 0. The highest BCUT2D eigenvalue weighted by Gasteiger charge is 2.36. The van der Waals surface area contributed by atoms with Crippen molar-refractivity contribution in [3.63, 3.8) is 0 Å². The van der Waals surface area contributed by atoms with E-state index in [2.05, 4.69) is 33.0 Å². The van der Waals surface area contributed by atoms with Crippen molar-refractivity contribution in [3.8, 4) is 0 Å². The smallest absolute Gasteiger partial charge is 0.0146 e. The van der Waals surface area contributed by atoms with Gasteiger partial charge in [-0.15, -0.1) is 0 Å². The van der Waals surface area contributed by atoms with E-state index in [1.165, 1.54) is 25.7 Å². The highest BCUT2D eigenvalue weighted by atomic mass is 14.9.